The molecule has 9 N–H and O–H groups in total. The molecular weight excluding hydrogens is 1070 g/mol. The first kappa shape index (κ1) is 53.3. The lowest BCUT2D eigenvalue weighted by molar-refractivity contribution is 0.284. The van der Waals surface area contributed by atoms with Gasteiger partial charge in [0.1, 0.15) is 36.7 Å². The van der Waals surface area contributed by atoms with Gasteiger partial charge in [0.2, 0.25) is 0 Å². The molecule has 0 bridgehead atoms. The van der Waals surface area contributed by atoms with Crippen molar-refractivity contribution >= 4 is 123 Å². The number of phenolic OH excluding ortho intramolecular Hbond substituents is 2. The molecule has 0 aliphatic rings. The Morgan fingerprint density at radius 3 is 1.34 bits per heavy atom. The fourth-order valence-corrected chi connectivity index (χ4v) is 10.3. The minimum Gasteiger partial charge on any atom is -0.508 e. The number of hydrogen-bond acceptors (Lipinski definition) is 22. The maximum absolute atomic E-state index is 12.6. The number of fused-ring (bicyclic) bond motifs is 1. The molecule has 0 fully saturated rings. The van der Waals surface area contributed by atoms with E-state index in [1.54, 1.807) is 0 Å². The summed E-state index contributed by atoms with van der Waals surface area (Å²) in [6.45, 7) is -0.935. The molecule has 0 aliphatic heterocycles. The van der Waals surface area contributed by atoms with Crippen molar-refractivity contribution in [2.45, 2.75) is 24.5 Å². The van der Waals surface area contributed by atoms with Crippen LogP contribution in [-0.4, -0.2) is 95.8 Å². The zero-order chi connectivity index (χ0) is 52.5. The van der Waals surface area contributed by atoms with E-state index >= 15 is 0 Å². The van der Waals surface area contributed by atoms with Crippen LogP contribution < -0.4 is 5.73 Å². The Morgan fingerprint density at radius 1 is 0.479 bits per heavy atom. The average Bonchev–Trinajstić information content (AvgIpc) is 3.25. The Labute approximate surface area is 401 Å². The molecule has 0 spiro atoms. The highest BCUT2D eigenvalue weighted by Crippen LogP contribution is 2.48. The van der Waals surface area contributed by atoms with Crippen molar-refractivity contribution in [2.24, 2.45) is 30.7 Å². The minimum absolute atomic E-state index is 0.0476. The van der Waals surface area contributed by atoms with Crippen molar-refractivity contribution in [3.63, 3.8) is 0 Å². The van der Waals surface area contributed by atoms with E-state index in [2.05, 4.69) is 34.9 Å². The van der Waals surface area contributed by atoms with Gasteiger partial charge in [0.25, 0.3) is 40.5 Å². The average molecular weight is 1100 g/mol. The number of nitrogen functional groups attached to an aromatic ring is 1. The second-order valence-corrected chi connectivity index (χ2v) is 22.9. The number of azo groups is 3. The molecule has 6 aromatic rings. The molecule has 0 radical (unpaired) electrons. The fourth-order valence-electron chi connectivity index (χ4n) is 6.11. The van der Waals surface area contributed by atoms with Gasteiger partial charge < -0.3 is 15.9 Å². The number of aromatic hydroxyl groups is 2. The summed E-state index contributed by atoms with van der Waals surface area (Å²) < 4.78 is 200. The largest absolute Gasteiger partial charge is 0.508 e. The Hall–Kier alpha value is -7.02. The van der Waals surface area contributed by atoms with Crippen LogP contribution in [0.4, 0.5) is 39.8 Å². The number of nitrogens with two attached hydrogens (primary N) is 1. The van der Waals surface area contributed by atoms with Gasteiger partial charge in [0, 0.05) is 0 Å². The van der Waals surface area contributed by atoms with E-state index in [0.29, 0.717) is 18.2 Å². The zero-order valence-corrected chi connectivity index (χ0v) is 39.9. The van der Waals surface area contributed by atoms with Gasteiger partial charge in [-0.3, -0.25) is 22.8 Å². The Bertz CT molecular complexity index is 3960. The van der Waals surface area contributed by atoms with Crippen molar-refractivity contribution in [2.75, 3.05) is 18.1 Å². The zero-order valence-electron chi connectivity index (χ0n) is 35.0. The lowest BCUT2D eigenvalue weighted by Crippen LogP contribution is -2.15. The molecule has 33 heteroatoms. The van der Waals surface area contributed by atoms with Crippen molar-refractivity contribution in [1.82, 2.24) is 0 Å². The predicted octanol–water partition coefficient (Wildman–Crippen LogP) is 6.83. The fraction of sp³-hybridized carbons (Fsp3) is 0.0526. The summed E-state index contributed by atoms with van der Waals surface area (Å²) in [5, 5.41) is 42.4. The van der Waals surface area contributed by atoms with Crippen LogP contribution in [0.2, 0.25) is 0 Å². The molecule has 0 saturated heterocycles. The summed E-state index contributed by atoms with van der Waals surface area (Å²) >= 11 is 0. The van der Waals surface area contributed by atoms with Crippen LogP contribution in [0.5, 0.6) is 11.5 Å². The summed E-state index contributed by atoms with van der Waals surface area (Å²) in [5.74, 6) is -2.16. The molecule has 374 valence electrons. The second-order valence-electron chi connectivity index (χ2n) is 14.2. The topological polar surface area (TPSA) is 456 Å². The SMILES string of the molecule is Nc1c(N=Nc2ccc(S(=O)(=O)CCOS(=O)(=O)O)cc2)c(S(=O)(=O)O)cc2cc(S(=O)(=O)O)c(N=Nc3ccc(C=Cc4ccc(N=Nc5ccc(O)cc5)cc4S(=O)(=O)O)c(S(=O)(=O)O)c3)c(O)c12. The number of rotatable bonds is 17. The standard InChI is InChI=1S/C38H31N7O20S6/c39-35-34-23(17-32(69(56,57)58)36(35)44-41-25-9-13-29(14-10-25)66(48,49)16-15-65-71(62,63)64)18-33(70(59,60)61)37(38(34)47)45-43-27-6-4-22(31(20-27)68(53,54)55)2-1-21-3-5-26(19-30(21)67(50,51)52)42-40-24-7-11-28(46)12-8-24/h1-14,17-20,46-47H,15-16,39H2,(H,50,51,52)(H,53,54,55)(H,56,57,58)(H,59,60,61)(H,62,63,64). The van der Waals surface area contributed by atoms with Gasteiger partial charge >= 0.3 is 10.4 Å². The maximum atomic E-state index is 12.6. The van der Waals surface area contributed by atoms with Crippen LogP contribution >= 0.6 is 0 Å². The number of sulfone groups is 1. The molecule has 0 heterocycles. The van der Waals surface area contributed by atoms with E-state index in [-0.39, 0.29) is 38.8 Å². The molecule has 0 saturated carbocycles. The third-order valence-corrected chi connectivity index (χ3v) is 15.0. The first-order valence-electron chi connectivity index (χ1n) is 18.8. The van der Waals surface area contributed by atoms with Gasteiger partial charge in [-0.15, -0.1) is 10.2 Å². The normalized spacial score (nSPS) is 13.4. The molecule has 0 aliphatic carbocycles. The number of phenols is 2. The summed E-state index contributed by atoms with van der Waals surface area (Å²) in [6, 6.07) is 16.9. The van der Waals surface area contributed by atoms with Gasteiger partial charge in [-0.1, -0.05) is 24.3 Å². The molecule has 0 aromatic heterocycles. The van der Waals surface area contributed by atoms with Crippen LogP contribution in [0.25, 0.3) is 22.9 Å². The third kappa shape index (κ3) is 13.2. The Kier molecular flexibility index (Phi) is 15.0. The number of anilines is 1. The van der Waals surface area contributed by atoms with Crippen molar-refractivity contribution < 1.29 is 87.7 Å². The number of hydrogen-bond donors (Lipinski definition) is 8. The van der Waals surface area contributed by atoms with Crippen LogP contribution in [0.3, 0.4) is 0 Å². The van der Waals surface area contributed by atoms with E-state index < -0.39 is 132 Å². The molecule has 0 amide bonds. The number of benzene rings is 6. The van der Waals surface area contributed by atoms with E-state index in [0.717, 1.165) is 54.6 Å². The van der Waals surface area contributed by atoms with E-state index in [1.165, 1.54) is 36.4 Å². The van der Waals surface area contributed by atoms with Gasteiger partial charge in [-0.2, -0.15) is 62.5 Å². The highest BCUT2D eigenvalue weighted by atomic mass is 32.3. The van der Waals surface area contributed by atoms with Gasteiger partial charge in [-0.05, 0) is 101 Å². The molecule has 0 unspecified atom stereocenters. The summed E-state index contributed by atoms with van der Waals surface area (Å²) in [6.07, 6.45) is 2.07. The molecule has 6 rings (SSSR count). The Morgan fingerprint density at radius 2 is 0.873 bits per heavy atom. The highest BCUT2D eigenvalue weighted by Gasteiger charge is 2.28. The van der Waals surface area contributed by atoms with Crippen LogP contribution in [0.1, 0.15) is 11.1 Å². The summed E-state index contributed by atoms with van der Waals surface area (Å²) in [4.78, 5) is -4.33. The molecule has 27 nitrogen and oxygen atoms in total. The maximum Gasteiger partial charge on any atom is 0.397 e. The lowest BCUT2D eigenvalue weighted by atomic mass is 10.1. The van der Waals surface area contributed by atoms with Gasteiger partial charge in [0.15, 0.2) is 15.6 Å². The first-order chi connectivity index (χ1) is 32.8. The van der Waals surface area contributed by atoms with Crippen LogP contribution in [0, 0.1) is 0 Å². The summed E-state index contributed by atoms with van der Waals surface area (Å²) in [7, 11) is -30.0. The number of nitrogens with zero attached hydrogens (tertiary/aromatic N) is 6. The smallest absolute Gasteiger partial charge is 0.397 e. The molecule has 71 heavy (non-hydrogen) atoms. The van der Waals surface area contributed by atoms with Crippen molar-refractivity contribution in [3.05, 3.63) is 108 Å². The quantitative estimate of drug-likeness (QED) is 0.0201. The minimum atomic E-state index is -5.42. The molecule has 6 aromatic carbocycles. The van der Waals surface area contributed by atoms with Gasteiger partial charge in [-0.25, -0.2) is 12.6 Å². The monoisotopic (exact) mass is 1100 g/mol. The second kappa shape index (κ2) is 20.0. The van der Waals surface area contributed by atoms with E-state index in [9.17, 15) is 78.9 Å². The van der Waals surface area contributed by atoms with Crippen LogP contribution in [-0.2, 0) is 64.9 Å². The van der Waals surface area contributed by atoms with E-state index in [4.69, 9.17) is 10.3 Å². The third-order valence-electron chi connectivity index (χ3n) is 9.30. The van der Waals surface area contributed by atoms with Crippen molar-refractivity contribution in [3.8, 4) is 11.5 Å². The van der Waals surface area contributed by atoms with Crippen molar-refractivity contribution in [1.29, 1.82) is 0 Å². The molecular formula is C38H31N7O20S6. The Balaban J connectivity index is 1.38. The van der Waals surface area contributed by atoms with E-state index in [1.807, 2.05) is 0 Å². The highest BCUT2D eigenvalue weighted by molar-refractivity contribution is 7.91. The first-order valence-corrected chi connectivity index (χ1v) is 27.6. The molecule has 0 atom stereocenters. The van der Waals surface area contributed by atoms with Gasteiger partial charge in [0.05, 0.1) is 51.1 Å². The van der Waals surface area contributed by atoms with Crippen LogP contribution in [0.15, 0.2) is 152 Å². The lowest BCUT2D eigenvalue weighted by Gasteiger charge is -2.14. The summed E-state index contributed by atoms with van der Waals surface area (Å²) in [5.41, 5.74) is 2.48. The predicted molar refractivity (Wildman–Crippen MR) is 248 cm³/mol.